The third kappa shape index (κ3) is 6.19. The largest absolute Gasteiger partial charge is 0.490 e. The fourth-order valence-electron chi connectivity index (χ4n) is 5.72. The van der Waals surface area contributed by atoms with Crippen molar-refractivity contribution in [1.29, 1.82) is 0 Å². The fraction of sp³-hybridized carbons (Fsp3) is 0.375. The van der Waals surface area contributed by atoms with Crippen LogP contribution in [0.2, 0.25) is 0 Å². The molecule has 0 aromatic heterocycles. The predicted molar refractivity (Wildman–Crippen MR) is 148 cm³/mol. The minimum atomic E-state index is -0.805. The Bertz CT molecular complexity index is 1340. The molecule has 2 heterocycles. The zero-order valence-corrected chi connectivity index (χ0v) is 22.7. The Kier molecular flexibility index (Phi) is 7.77. The Labute approximate surface area is 229 Å². The Morgan fingerprint density at radius 3 is 2.54 bits per heavy atom. The maximum absolute atomic E-state index is 11.6. The van der Waals surface area contributed by atoms with E-state index >= 15 is 0 Å². The van der Waals surface area contributed by atoms with Gasteiger partial charge in [0, 0.05) is 44.8 Å². The molecule has 1 atom stereocenters. The summed E-state index contributed by atoms with van der Waals surface area (Å²) < 4.78 is 17.9. The molecule has 3 aliphatic rings. The van der Waals surface area contributed by atoms with E-state index in [1.807, 2.05) is 29.2 Å². The summed E-state index contributed by atoms with van der Waals surface area (Å²) in [5, 5.41) is 9.12. The molecule has 2 aromatic rings. The van der Waals surface area contributed by atoms with Crippen molar-refractivity contribution in [2.24, 2.45) is 5.92 Å². The first-order valence-corrected chi connectivity index (χ1v) is 13.5. The highest BCUT2D eigenvalue weighted by Gasteiger charge is 2.28. The van der Waals surface area contributed by atoms with Crippen LogP contribution in [0, 0.1) is 19.8 Å². The second-order valence-corrected chi connectivity index (χ2v) is 10.6. The van der Waals surface area contributed by atoms with Crippen molar-refractivity contribution in [3.05, 3.63) is 88.6 Å². The summed E-state index contributed by atoms with van der Waals surface area (Å²) >= 11 is 0. The summed E-state index contributed by atoms with van der Waals surface area (Å²) in [5.41, 5.74) is 7.50. The maximum atomic E-state index is 11.6. The van der Waals surface area contributed by atoms with Crippen LogP contribution in [0.5, 0.6) is 5.75 Å². The van der Waals surface area contributed by atoms with Crippen LogP contribution in [-0.2, 0) is 25.7 Å². The van der Waals surface area contributed by atoms with Gasteiger partial charge in [0.15, 0.2) is 0 Å². The number of likely N-dealkylation sites (tertiary alicyclic amines) is 1. The Morgan fingerprint density at radius 2 is 1.85 bits per heavy atom. The second kappa shape index (κ2) is 11.4. The molecule has 1 fully saturated rings. The average Bonchev–Trinajstić information content (AvgIpc) is 3.29. The summed E-state index contributed by atoms with van der Waals surface area (Å²) in [5.74, 6) is 0.559. The zero-order chi connectivity index (χ0) is 27.5. The molecule has 1 unspecified atom stereocenters. The van der Waals surface area contributed by atoms with Gasteiger partial charge in [-0.2, -0.15) is 0 Å². The van der Waals surface area contributed by atoms with Crippen LogP contribution in [0.15, 0.2) is 71.9 Å². The molecule has 0 radical (unpaired) electrons. The molecule has 0 saturated carbocycles. The number of fused-ring (bicyclic) bond motifs is 1. The van der Waals surface area contributed by atoms with E-state index in [1.54, 1.807) is 13.2 Å². The minimum Gasteiger partial charge on any atom is -0.490 e. The average molecular weight is 530 g/mol. The van der Waals surface area contributed by atoms with Crippen molar-refractivity contribution < 1.29 is 28.9 Å². The number of benzene rings is 2. The lowest BCUT2D eigenvalue weighted by molar-refractivity contribution is -0.137. The molecule has 7 nitrogen and oxygen atoms in total. The van der Waals surface area contributed by atoms with Gasteiger partial charge in [0.25, 0.3) is 5.95 Å². The number of hydrogen-bond donors (Lipinski definition) is 1. The SMILES string of the molecule is CC(=O)N1CCC(Oc2cc(C)c(-c3cccc(COC4=CC5=CCC(CC(=O)O)C5=CO4)c3)c(C)c2)CC1. The van der Waals surface area contributed by atoms with Gasteiger partial charge in [0.1, 0.15) is 18.5 Å². The van der Waals surface area contributed by atoms with E-state index in [1.165, 1.54) is 5.56 Å². The van der Waals surface area contributed by atoms with E-state index in [-0.39, 0.29) is 24.3 Å². The van der Waals surface area contributed by atoms with Gasteiger partial charge in [0.05, 0.1) is 12.7 Å². The first-order valence-electron chi connectivity index (χ1n) is 13.5. The summed E-state index contributed by atoms with van der Waals surface area (Å²) in [6, 6.07) is 12.5. The van der Waals surface area contributed by atoms with Crippen LogP contribution < -0.4 is 4.74 Å². The number of ether oxygens (including phenoxy) is 3. The van der Waals surface area contributed by atoms with E-state index < -0.39 is 5.97 Å². The maximum Gasteiger partial charge on any atom is 0.303 e. The number of aliphatic carboxylic acids is 1. The van der Waals surface area contributed by atoms with E-state index in [2.05, 4.69) is 38.1 Å². The molecule has 1 N–H and O–H groups in total. The second-order valence-electron chi connectivity index (χ2n) is 10.6. The van der Waals surface area contributed by atoms with Crippen molar-refractivity contribution in [2.45, 2.75) is 59.2 Å². The first kappa shape index (κ1) is 26.6. The number of aryl methyl sites for hydroxylation is 2. The third-order valence-electron chi connectivity index (χ3n) is 7.68. The van der Waals surface area contributed by atoms with Crippen LogP contribution >= 0.6 is 0 Å². The molecule has 5 rings (SSSR count). The molecule has 0 bridgehead atoms. The number of nitrogens with zero attached hydrogens (tertiary/aromatic N) is 1. The lowest BCUT2D eigenvalue weighted by Gasteiger charge is -2.31. The van der Waals surface area contributed by atoms with Crippen LogP contribution in [0.1, 0.15) is 49.3 Å². The summed E-state index contributed by atoms with van der Waals surface area (Å²) in [7, 11) is 0. The van der Waals surface area contributed by atoms with Crippen LogP contribution in [0.25, 0.3) is 11.1 Å². The Hall–Kier alpha value is -4.00. The lowest BCUT2D eigenvalue weighted by Crippen LogP contribution is -2.40. The highest BCUT2D eigenvalue weighted by Crippen LogP contribution is 2.38. The first-order chi connectivity index (χ1) is 18.8. The molecule has 1 amide bonds. The lowest BCUT2D eigenvalue weighted by atomic mass is 9.94. The smallest absolute Gasteiger partial charge is 0.303 e. The summed E-state index contributed by atoms with van der Waals surface area (Å²) in [4.78, 5) is 24.6. The highest BCUT2D eigenvalue weighted by atomic mass is 16.7. The molecule has 1 saturated heterocycles. The standard InChI is InChI=1S/C32H35NO6/c1-20-13-28(39-27-9-11-33(12-10-27)22(3)34)14-21(2)32(20)26-6-4-5-23(15-26)18-37-31-17-25-8-7-24(16-30(35)36)29(25)19-38-31/h4-6,8,13-15,17,19,24,27H,7,9-12,16,18H2,1-3H3,(H,35,36). The van der Waals surface area contributed by atoms with E-state index in [9.17, 15) is 9.59 Å². The van der Waals surface area contributed by atoms with E-state index in [0.29, 0.717) is 19.0 Å². The summed E-state index contributed by atoms with van der Waals surface area (Å²) in [6.07, 6.45) is 8.12. The van der Waals surface area contributed by atoms with Gasteiger partial charge < -0.3 is 24.2 Å². The number of amides is 1. The zero-order valence-electron chi connectivity index (χ0n) is 22.7. The molecular weight excluding hydrogens is 494 g/mol. The monoisotopic (exact) mass is 529 g/mol. The highest BCUT2D eigenvalue weighted by molar-refractivity contribution is 5.73. The minimum absolute atomic E-state index is 0.0463. The predicted octanol–water partition coefficient (Wildman–Crippen LogP) is 6.05. The van der Waals surface area contributed by atoms with Crippen LogP contribution in [0.4, 0.5) is 0 Å². The molecule has 1 aliphatic carbocycles. The van der Waals surface area contributed by atoms with Gasteiger partial charge in [-0.05, 0) is 77.4 Å². The van der Waals surface area contributed by atoms with Crippen molar-refractivity contribution in [3.63, 3.8) is 0 Å². The third-order valence-corrected chi connectivity index (χ3v) is 7.68. The number of carbonyl (C=O) groups excluding carboxylic acids is 1. The molecule has 2 aromatic carbocycles. The van der Waals surface area contributed by atoms with Crippen molar-refractivity contribution in [2.75, 3.05) is 13.1 Å². The van der Waals surface area contributed by atoms with E-state index in [4.69, 9.17) is 19.3 Å². The molecule has 2 aliphatic heterocycles. The van der Waals surface area contributed by atoms with Gasteiger partial charge in [-0.15, -0.1) is 0 Å². The van der Waals surface area contributed by atoms with Gasteiger partial charge in [-0.1, -0.05) is 24.3 Å². The number of carboxylic acid groups (broad SMARTS) is 1. The van der Waals surface area contributed by atoms with Crippen molar-refractivity contribution >= 4 is 11.9 Å². The molecular formula is C32H35NO6. The fourth-order valence-corrected chi connectivity index (χ4v) is 5.72. The number of carboxylic acids is 1. The number of allylic oxidation sites excluding steroid dienone is 4. The van der Waals surface area contributed by atoms with Gasteiger partial charge in [-0.3, -0.25) is 9.59 Å². The number of carbonyl (C=O) groups is 2. The van der Waals surface area contributed by atoms with Gasteiger partial charge in [0.2, 0.25) is 5.91 Å². The van der Waals surface area contributed by atoms with Crippen molar-refractivity contribution in [3.8, 4) is 16.9 Å². The van der Waals surface area contributed by atoms with Gasteiger partial charge in [-0.25, -0.2) is 0 Å². The molecule has 39 heavy (non-hydrogen) atoms. The van der Waals surface area contributed by atoms with Crippen LogP contribution in [0.3, 0.4) is 0 Å². The molecule has 7 heteroatoms. The summed E-state index contributed by atoms with van der Waals surface area (Å²) in [6.45, 7) is 7.67. The van der Waals surface area contributed by atoms with Crippen LogP contribution in [-0.4, -0.2) is 41.1 Å². The number of rotatable bonds is 8. The quantitative estimate of drug-likeness (QED) is 0.448. The number of piperidine rings is 1. The normalized spacial score (nSPS) is 18.9. The number of hydrogen-bond acceptors (Lipinski definition) is 5. The Balaban J connectivity index is 1.22. The van der Waals surface area contributed by atoms with E-state index in [0.717, 1.165) is 65.1 Å². The van der Waals surface area contributed by atoms with Gasteiger partial charge >= 0.3 is 5.97 Å². The molecule has 0 spiro atoms. The molecule has 204 valence electrons. The topological polar surface area (TPSA) is 85.3 Å². The van der Waals surface area contributed by atoms with Crippen molar-refractivity contribution in [1.82, 2.24) is 4.90 Å². The Morgan fingerprint density at radius 1 is 1.10 bits per heavy atom.